The van der Waals surface area contributed by atoms with Crippen molar-refractivity contribution >= 4 is 33.4 Å². The van der Waals surface area contributed by atoms with Gasteiger partial charge in [-0.15, -0.1) is 0 Å². The molecule has 0 aliphatic carbocycles. The number of hydrogen-bond donors (Lipinski definition) is 1. The van der Waals surface area contributed by atoms with E-state index in [0.717, 1.165) is 15.3 Å². The number of aryl methyl sites for hydroxylation is 1. The predicted octanol–water partition coefficient (Wildman–Crippen LogP) is 2.04. The van der Waals surface area contributed by atoms with E-state index in [9.17, 15) is 14.4 Å². The molecule has 0 unspecified atom stereocenters. The molecule has 0 fully saturated rings. The lowest BCUT2D eigenvalue weighted by atomic mass is 10.0. The van der Waals surface area contributed by atoms with Crippen molar-refractivity contribution in [3.05, 3.63) is 81.1 Å². The average Bonchev–Trinajstić information content (AvgIpc) is 2.70. The summed E-state index contributed by atoms with van der Waals surface area (Å²) in [5.74, 6) is -0.297. The van der Waals surface area contributed by atoms with E-state index in [4.69, 9.17) is 0 Å². The van der Waals surface area contributed by atoms with Crippen LogP contribution in [0.3, 0.4) is 0 Å². The number of carbonyl (C=O) groups excluding carboxylic acids is 1. The van der Waals surface area contributed by atoms with Crippen molar-refractivity contribution in [1.82, 2.24) is 14.1 Å². The van der Waals surface area contributed by atoms with Gasteiger partial charge in [0.1, 0.15) is 5.65 Å². The quantitative estimate of drug-likeness (QED) is 0.593. The Bertz CT molecular complexity index is 1330. The zero-order valence-corrected chi connectivity index (χ0v) is 14.8. The van der Waals surface area contributed by atoms with Gasteiger partial charge in [0.25, 0.3) is 11.5 Å². The molecule has 0 aliphatic rings. The maximum Gasteiger partial charge on any atom is 0.332 e. The SMILES string of the molecule is Cn1c(=O)c2cc(NC(=O)c3cccc4ccccc34)cnc2n(C)c1=O. The molecule has 134 valence electrons. The van der Waals surface area contributed by atoms with Crippen molar-refractivity contribution in [2.75, 3.05) is 5.32 Å². The fourth-order valence-electron chi connectivity index (χ4n) is 3.16. The van der Waals surface area contributed by atoms with Crippen LogP contribution < -0.4 is 16.6 Å². The molecule has 0 bridgehead atoms. The van der Waals surface area contributed by atoms with Crippen LogP contribution in [-0.4, -0.2) is 20.0 Å². The zero-order chi connectivity index (χ0) is 19.1. The molecule has 4 aromatic rings. The highest BCUT2D eigenvalue weighted by Gasteiger charge is 2.13. The van der Waals surface area contributed by atoms with Crippen LogP contribution in [0.25, 0.3) is 21.8 Å². The number of nitrogens with zero attached hydrogens (tertiary/aromatic N) is 3. The maximum atomic E-state index is 12.8. The summed E-state index contributed by atoms with van der Waals surface area (Å²) in [6.45, 7) is 0. The number of benzene rings is 2. The van der Waals surface area contributed by atoms with Gasteiger partial charge in [-0.2, -0.15) is 0 Å². The molecule has 4 rings (SSSR count). The van der Waals surface area contributed by atoms with Crippen molar-refractivity contribution in [3.63, 3.8) is 0 Å². The molecular formula is C20H16N4O3. The summed E-state index contributed by atoms with van der Waals surface area (Å²) < 4.78 is 2.31. The summed E-state index contributed by atoms with van der Waals surface area (Å²) in [6.07, 6.45) is 1.43. The Morgan fingerprint density at radius 1 is 0.963 bits per heavy atom. The topological polar surface area (TPSA) is 86.0 Å². The first kappa shape index (κ1) is 16.7. The average molecular weight is 360 g/mol. The van der Waals surface area contributed by atoms with Gasteiger partial charge in [-0.05, 0) is 22.9 Å². The second kappa shape index (κ2) is 6.21. The normalized spacial score (nSPS) is 11.0. The van der Waals surface area contributed by atoms with Gasteiger partial charge in [-0.3, -0.25) is 18.7 Å². The van der Waals surface area contributed by atoms with Gasteiger partial charge >= 0.3 is 5.69 Å². The molecule has 0 spiro atoms. The highest BCUT2D eigenvalue weighted by atomic mass is 16.2. The van der Waals surface area contributed by atoms with Gasteiger partial charge < -0.3 is 5.32 Å². The minimum absolute atomic E-state index is 0.260. The number of hydrogen-bond acceptors (Lipinski definition) is 4. The van der Waals surface area contributed by atoms with Crippen LogP contribution in [0.5, 0.6) is 0 Å². The molecule has 2 aromatic carbocycles. The molecule has 2 aromatic heterocycles. The molecule has 1 N–H and O–H groups in total. The Morgan fingerprint density at radius 2 is 1.70 bits per heavy atom. The molecule has 7 nitrogen and oxygen atoms in total. The number of anilines is 1. The van der Waals surface area contributed by atoms with E-state index in [1.54, 1.807) is 13.1 Å². The van der Waals surface area contributed by atoms with E-state index in [-0.39, 0.29) is 16.9 Å². The van der Waals surface area contributed by atoms with Gasteiger partial charge in [0.05, 0.1) is 17.3 Å². The van der Waals surface area contributed by atoms with Gasteiger partial charge in [0.15, 0.2) is 0 Å². The Morgan fingerprint density at radius 3 is 2.52 bits per heavy atom. The van der Waals surface area contributed by atoms with Crippen molar-refractivity contribution in [2.45, 2.75) is 0 Å². The van der Waals surface area contributed by atoms with E-state index >= 15 is 0 Å². The summed E-state index contributed by atoms with van der Waals surface area (Å²) in [6, 6.07) is 14.7. The third-order valence-electron chi connectivity index (χ3n) is 4.59. The second-order valence-electron chi connectivity index (χ2n) is 6.28. The molecule has 0 saturated carbocycles. The number of aromatic nitrogens is 3. The summed E-state index contributed by atoms with van der Waals surface area (Å²) in [7, 11) is 2.96. The van der Waals surface area contributed by atoms with E-state index < -0.39 is 11.2 Å². The largest absolute Gasteiger partial charge is 0.332 e. The third kappa shape index (κ3) is 2.69. The van der Waals surface area contributed by atoms with Crippen molar-refractivity contribution in [1.29, 1.82) is 0 Å². The molecule has 0 aliphatic heterocycles. The number of nitrogens with one attached hydrogen (secondary N) is 1. The number of fused-ring (bicyclic) bond motifs is 2. The fourth-order valence-corrected chi connectivity index (χ4v) is 3.16. The number of amides is 1. The number of rotatable bonds is 2. The lowest BCUT2D eigenvalue weighted by Crippen LogP contribution is -2.37. The maximum absolute atomic E-state index is 12.8. The molecular weight excluding hydrogens is 344 g/mol. The van der Waals surface area contributed by atoms with Crippen LogP contribution >= 0.6 is 0 Å². The van der Waals surface area contributed by atoms with Crippen LogP contribution in [0.15, 0.2) is 64.3 Å². The first-order valence-corrected chi connectivity index (χ1v) is 8.32. The summed E-state index contributed by atoms with van der Waals surface area (Å²) >= 11 is 0. The van der Waals surface area contributed by atoms with Gasteiger partial charge in [0.2, 0.25) is 0 Å². The standard InChI is InChI=1S/C20H16N4O3/c1-23-17-16(19(26)24(2)20(23)27)10-13(11-21-17)22-18(25)15-9-5-7-12-6-3-4-8-14(12)15/h3-11H,1-2H3,(H,22,25). The zero-order valence-electron chi connectivity index (χ0n) is 14.8. The highest BCUT2D eigenvalue weighted by Crippen LogP contribution is 2.20. The van der Waals surface area contributed by atoms with Crippen LogP contribution in [0, 0.1) is 0 Å². The summed E-state index contributed by atoms with van der Waals surface area (Å²) in [4.78, 5) is 41.3. The summed E-state index contributed by atoms with van der Waals surface area (Å²) in [5.41, 5.74) is 0.276. The minimum atomic E-state index is -0.457. The molecule has 2 heterocycles. The molecule has 7 heteroatoms. The molecule has 1 amide bonds. The first-order valence-electron chi connectivity index (χ1n) is 8.32. The van der Waals surface area contributed by atoms with Crippen molar-refractivity contribution in [2.24, 2.45) is 14.1 Å². The van der Waals surface area contributed by atoms with Gasteiger partial charge in [-0.25, -0.2) is 9.78 Å². The van der Waals surface area contributed by atoms with Gasteiger partial charge in [-0.1, -0.05) is 36.4 Å². The Labute approximate surface area is 153 Å². The van der Waals surface area contributed by atoms with Crippen molar-refractivity contribution in [3.8, 4) is 0 Å². The van der Waals surface area contributed by atoms with Crippen LogP contribution in [0.1, 0.15) is 10.4 Å². The lowest BCUT2D eigenvalue weighted by molar-refractivity contribution is 0.102. The molecule has 0 radical (unpaired) electrons. The van der Waals surface area contributed by atoms with Crippen LogP contribution in [0.4, 0.5) is 5.69 Å². The fraction of sp³-hybridized carbons (Fsp3) is 0.100. The van der Waals surface area contributed by atoms with Crippen LogP contribution in [0.2, 0.25) is 0 Å². The Hall–Kier alpha value is -3.74. The van der Waals surface area contributed by atoms with E-state index in [2.05, 4.69) is 10.3 Å². The molecule has 27 heavy (non-hydrogen) atoms. The minimum Gasteiger partial charge on any atom is -0.321 e. The number of carbonyl (C=O) groups is 1. The first-order chi connectivity index (χ1) is 13.0. The van der Waals surface area contributed by atoms with E-state index in [1.807, 2.05) is 36.4 Å². The Balaban J connectivity index is 1.78. The third-order valence-corrected chi connectivity index (χ3v) is 4.59. The number of pyridine rings is 1. The predicted molar refractivity (Wildman–Crippen MR) is 104 cm³/mol. The highest BCUT2D eigenvalue weighted by molar-refractivity contribution is 6.13. The van der Waals surface area contributed by atoms with Crippen molar-refractivity contribution < 1.29 is 4.79 Å². The Kier molecular flexibility index (Phi) is 3.84. The summed E-state index contributed by atoms with van der Waals surface area (Å²) in [5, 5.41) is 4.85. The lowest BCUT2D eigenvalue weighted by Gasteiger charge is -2.10. The van der Waals surface area contributed by atoms with Crippen LogP contribution in [-0.2, 0) is 14.1 Å². The van der Waals surface area contributed by atoms with E-state index in [0.29, 0.717) is 11.3 Å². The van der Waals surface area contributed by atoms with Gasteiger partial charge in [0, 0.05) is 19.7 Å². The second-order valence-corrected chi connectivity index (χ2v) is 6.28. The van der Waals surface area contributed by atoms with E-state index in [1.165, 1.54) is 23.9 Å². The smallest absolute Gasteiger partial charge is 0.321 e. The molecule has 0 atom stereocenters. The monoisotopic (exact) mass is 360 g/mol. The molecule has 0 saturated heterocycles.